The minimum absolute atomic E-state index is 0.194. The van der Waals surface area contributed by atoms with Crippen LogP contribution < -0.4 is 5.32 Å². The van der Waals surface area contributed by atoms with E-state index in [1.807, 2.05) is 0 Å². The summed E-state index contributed by atoms with van der Waals surface area (Å²) >= 11 is 1.22. The molecule has 0 spiro atoms. The van der Waals surface area contributed by atoms with Crippen LogP contribution in [-0.4, -0.2) is 4.92 Å². The van der Waals surface area contributed by atoms with Gasteiger partial charge in [-0.3, -0.25) is 10.1 Å². The predicted octanol–water partition coefficient (Wildman–Crippen LogP) is 3.82. The molecule has 4 nitrogen and oxygen atoms in total. The quantitative estimate of drug-likeness (QED) is 0.667. The molecular weight excluding hydrogens is 260 g/mol. The van der Waals surface area contributed by atoms with Gasteiger partial charge in [0, 0.05) is 23.5 Å². The summed E-state index contributed by atoms with van der Waals surface area (Å²) in [7, 11) is 0. The second kappa shape index (κ2) is 5.95. The molecule has 2 aromatic rings. The summed E-state index contributed by atoms with van der Waals surface area (Å²) in [5.74, 6) is 0. The number of nitrogens with zero attached hydrogens (tertiary/aromatic N) is 1. The molecular formula is C14H16N2O2S. The maximum absolute atomic E-state index is 10.6. The molecule has 0 aliphatic carbocycles. The molecule has 100 valence electrons. The molecule has 0 aliphatic rings. The summed E-state index contributed by atoms with van der Waals surface area (Å²) in [5.41, 5.74) is 2.46. The minimum Gasteiger partial charge on any atom is -0.305 e. The van der Waals surface area contributed by atoms with E-state index >= 15 is 0 Å². The molecule has 0 saturated heterocycles. The molecule has 1 unspecified atom stereocenters. The van der Waals surface area contributed by atoms with Gasteiger partial charge in [-0.2, -0.15) is 0 Å². The number of aryl methyl sites for hydroxylation is 1. The zero-order valence-corrected chi connectivity index (χ0v) is 11.7. The summed E-state index contributed by atoms with van der Waals surface area (Å²) in [6.07, 6.45) is 0. The molecule has 1 aromatic heterocycles. The van der Waals surface area contributed by atoms with Crippen molar-refractivity contribution in [2.45, 2.75) is 26.4 Å². The smallest absolute Gasteiger partial charge is 0.305 e. The number of benzene rings is 1. The lowest BCUT2D eigenvalue weighted by Gasteiger charge is -2.13. The van der Waals surface area contributed by atoms with Crippen LogP contribution in [0.1, 0.15) is 29.0 Å². The van der Waals surface area contributed by atoms with E-state index in [0.29, 0.717) is 6.54 Å². The summed E-state index contributed by atoms with van der Waals surface area (Å²) in [4.78, 5) is 11.2. The van der Waals surface area contributed by atoms with Crippen molar-refractivity contribution in [2.24, 2.45) is 0 Å². The highest BCUT2D eigenvalue weighted by Gasteiger charge is 2.10. The largest absolute Gasteiger partial charge is 0.324 e. The van der Waals surface area contributed by atoms with Gasteiger partial charge in [-0.15, -0.1) is 0 Å². The van der Waals surface area contributed by atoms with Crippen molar-refractivity contribution in [3.05, 3.63) is 62.5 Å². The van der Waals surface area contributed by atoms with Crippen LogP contribution >= 0.6 is 11.3 Å². The highest BCUT2D eigenvalue weighted by molar-refractivity contribution is 7.15. The van der Waals surface area contributed by atoms with E-state index in [2.05, 4.69) is 43.4 Å². The fourth-order valence-corrected chi connectivity index (χ4v) is 2.56. The van der Waals surface area contributed by atoms with Crippen LogP contribution in [0.25, 0.3) is 0 Å². The lowest BCUT2D eigenvalue weighted by Crippen LogP contribution is -2.17. The highest BCUT2D eigenvalue weighted by Crippen LogP contribution is 2.24. The summed E-state index contributed by atoms with van der Waals surface area (Å²) in [6.45, 7) is 4.80. The molecule has 0 fully saturated rings. The first-order valence-corrected chi connectivity index (χ1v) is 6.91. The van der Waals surface area contributed by atoms with Gasteiger partial charge in [-0.1, -0.05) is 41.2 Å². The fraction of sp³-hybridized carbons (Fsp3) is 0.286. The average molecular weight is 276 g/mol. The third-order valence-corrected chi connectivity index (χ3v) is 4.02. The van der Waals surface area contributed by atoms with Crippen LogP contribution in [0.3, 0.4) is 0 Å². The van der Waals surface area contributed by atoms with E-state index in [1.54, 1.807) is 12.1 Å². The van der Waals surface area contributed by atoms with Gasteiger partial charge in [-0.05, 0) is 25.5 Å². The van der Waals surface area contributed by atoms with Gasteiger partial charge in [0.05, 0.1) is 4.92 Å². The first kappa shape index (κ1) is 13.7. The number of rotatable bonds is 5. The van der Waals surface area contributed by atoms with Crippen molar-refractivity contribution >= 4 is 16.3 Å². The molecule has 0 saturated carbocycles. The zero-order chi connectivity index (χ0) is 13.8. The predicted molar refractivity (Wildman–Crippen MR) is 77.4 cm³/mol. The molecule has 19 heavy (non-hydrogen) atoms. The Kier molecular flexibility index (Phi) is 4.29. The van der Waals surface area contributed by atoms with Crippen molar-refractivity contribution in [3.63, 3.8) is 0 Å². The maximum atomic E-state index is 10.6. The molecule has 5 heteroatoms. The van der Waals surface area contributed by atoms with Crippen molar-refractivity contribution in [2.75, 3.05) is 0 Å². The maximum Gasteiger partial charge on any atom is 0.324 e. The van der Waals surface area contributed by atoms with Gasteiger partial charge < -0.3 is 5.32 Å². The van der Waals surface area contributed by atoms with Gasteiger partial charge >= 0.3 is 5.00 Å². The fourth-order valence-electron chi connectivity index (χ4n) is 1.79. The molecule has 1 atom stereocenters. The number of nitrogens with one attached hydrogen (secondary N) is 1. The Labute approximate surface area is 116 Å². The van der Waals surface area contributed by atoms with Gasteiger partial charge in [0.1, 0.15) is 0 Å². The zero-order valence-electron chi connectivity index (χ0n) is 10.9. The van der Waals surface area contributed by atoms with Crippen molar-refractivity contribution < 1.29 is 4.92 Å². The van der Waals surface area contributed by atoms with Crippen molar-refractivity contribution in [1.82, 2.24) is 5.32 Å². The third kappa shape index (κ3) is 3.62. The first-order chi connectivity index (χ1) is 9.06. The van der Waals surface area contributed by atoms with Gasteiger partial charge in [0.15, 0.2) is 0 Å². The molecule has 0 amide bonds. The van der Waals surface area contributed by atoms with Crippen LogP contribution in [0.4, 0.5) is 5.00 Å². The molecule has 0 aliphatic heterocycles. The van der Waals surface area contributed by atoms with Crippen LogP contribution in [0, 0.1) is 17.0 Å². The number of thiophene rings is 1. The van der Waals surface area contributed by atoms with E-state index in [1.165, 1.54) is 22.5 Å². The first-order valence-electron chi connectivity index (χ1n) is 6.09. The van der Waals surface area contributed by atoms with Crippen LogP contribution in [0.2, 0.25) is 0 Å². The molecule has 2 rings (SSSR count). The van der Waals surface area contributed by atoms with E-state index in [0.717, 1.165) is 4.88 Å². The minimum atomic E-state index is -0.350. The van der Waals surface area contributed by atoms with E-state index in [-0.39, 0.29) is 16.0 Å². The number of nitro groups is 1. The normalized spacial score (nSPS) is 12.3. The van der Waals surface area contributed by atoms with Crippen molar-refractivity contribution in [1.29, 1.82) is 0 Å². The standard InChI is InChI=1S/C14H16N2O2S/c1-10-3-5-12(6-4-10)11(2)15-9-13-7-8-14(19-13)16(17)18/h3-8,11,15H,9H2,1-2H3. The van der Waals surface area contributed by atoms with E-state index < -0.39 is 0 Å². The van der Waals surface area contributed by atoms with Gasteiger partial charge in [0.25, 0.3) is 0 Å². The SMILES string of the molecule is Cc1ccc(C(C)NCc2ccc([N+](=O)[O-])s2)cc1. The summed E-state index contributed by atoms with van der Waals surface area (Å²) < 4.78 is 0. The molecule has 1 aromatic carbocycles. The Bertz CT molecular complexity index is 563. The Morgan fingerprint density at radius 2 is 1.95 bits per heavy atom. The van der Waals surface area contributed by atoms with E-state index in [9.17, 15) is 10.1 Å². The third-order valence-electron chi connectivity index (χ3n) is 2.99. The molecule has 1 heterocycles. The Balaban J connectivity index is 1.94. The number of hydrogen-bond donors (Lipinski definition) is 1. The highest BCUT2D eigenvalue weighted by atomic mass is 32.1. The summed E-state index contributed by atoms with van der Waals surface area (Å²) in [6, 6.07) is 12.0. The molecule has 0 radical (unpaired) electrons. The van der Waals surface area contributed by atoms with Crippen molar-refractivity contribution in [3.8, 4) is 0 Å². The Morgan fingerprint density at radius 3 is 2.53 bits per heavy atom. The van der Waals surface area contributed by atoms with Gasteiger partial charge in [-0.25, -0.2) is 0 Å². The topological polar surface area (TPSA) is 55.2 Å². The van der Waals surface area contributed by atoms with Crippen LogP contribution in [0.15, 0.2) is 36.4 Å². The Hall–Kier alpha value is -1.72. The van der Waals surface area contributed by atoms with Crippen LogP contribution in [0.5, 0.6) is 0 Å². The Morgan fingerprint density at radius 1 is 1.26 bits per heavy atom. The lowest BCUT2D eigenvalue weighted by molar-refractivity contribution is -0.380. The molecule has 1 N–H and O–H groups in total. The lowest BCUT2D eigenvalue weighted by atomic mass is 10.1. The second-order valence-electron chi connectivity index (χ2n) is 4.51. The summed E-state index contributed by atoms with van der Waals surface area (Å²) in [5, 5.41) is 14.2. The molecule has 0 bridgehead atoms. The average Bonchev–Trinajstić information content (AvgIpc) is 2.86. The number of hydrogen-bond acceptors (Lipinski definition) is 4. The van der Waals surface area contributed by atoms with Gasteiger partial charge in [0.2, 0.25) is 0 Å². The second-order valence-corrected chi connectivity index (χ2v) is 5.66. The van der Waals surface area contributed by atoms with E-state index in [4.69, 9.17) is 0 Å². The monoisotopic (exact) mass is 276 g/mol. The van der Waals surface area contributed by atoms with Crippen LogP contribution in [-0.2, 0) is 6.54 Å².